The van der Waals surface area contributed by atoms with Crippen LogP contribution < -0.4 is 4.74 Å². The zero-order valence-electron chi connectivity index (χ0n) is 15.0. The summed E-state index contributed by atoms with van der Waals surface area (Å²) < 4.78 is 5.24. The average Bonchev–Trinajstić information content (AvgIpc) is 3.40. The molecule has 2 aromatic heterocycles. The van der Waals surface area contributed by atoms with E-state index in [4.69, 9.17) is 4.74 Å². The highest BCUT2D eigenvalue weighted by Crippen LogP contribution is 2.20. The third kappa shape index (κ3) is 3.99. The molecule has 1 saturated heterocycles. The number of carbonyl (C=O) groups is 1. The molecule has 9 heteroatoms. The molecule has 27 heavy (non-hydrogen) atoms. The van der Waals surface area contributed by atoms with E-state index < -0.39 is 0 Å². The maximum absolute atomic E-state index is 12.4. The van der Waals surface area contributed by atoms with Gasteiger partial charge in [0.1, 0.15) is 12.4 Å². The van der Waals surface area contributed by atoms with E-state index in [0.29, 0.717) is 25.6 Å². The molecular weight excluding hydrogens is 364 g/mol. The maximum Gasteiger partial charge on any atom is 0.264 e. The van der Waals surface area contributed by atoms with Crippen molar-refractivity contribution in [2.45, 2.75) is 6.67 Å². The highest BCUT2D eigenvalue weighted by Gasteiger charge is 2.23. The first-order valence-electron chi connectivity index (χ1n) is 8.70. The number of hydrogen-bond donors (Lipinski definition) is 0. The zero-order valence-corrected chi connectivity index (χ0v) is 15.8. The lowest BCUT2D eigenvalue weighted by molar-refractivity contribution is 0.0579. The number of amides is 1. The van der Waals surface area contributed by atoms with Gasteiger partial charge < -0.3 is 9.64 Å². The van der Waals surface area contributed by atoms with Gasteiger partial charge in [0.05, 0.1) is 12.0 Å². The number of thiophene rings is 1. The monoisotopic (exact) mass is 384 g/mol. The van der Waals surface area contributed by atoms with Gasteiger partial charge in [-0.1, -0.05) is 18.2 Å². The Morgan fingerprint density at radius 1 is 1.19 bits per heavy atom. The Morgan fingerprint density at radius 3 is 2.78 bits per heavy atom. The van der Waals surface area contributed by atoms with Crippen LogP contribution in [-0.2, 0) is 6.67 Å². The van der Waals surface area contributed by atoms with E-state index in [1.54, 1.807) is 11.9 Å². The highest BCUT2D eigenvalue weighted by atomic mass is 32.1. The van der Waals surface area contributed by atoms with Gasteiger partial charge in [0.25, 0.3) is 5.91 Å². The topological polar surface area (TPSA) is 76.4 Å². The second-order valence-electron chi connectivity index (χ2n) is 6.25. The summed E-state index contributed by atoms with van der Waals surface area (Å²) in [6, 6.07) is 11.4. The fraction of sp³-hybridized carbons (Fsp3) is 0.333. The van der Waals surface area contributed by atoms with Gasteiger partial charge in [-0.15, -0.1) is 26.3 Å². The minimum Gasteiger partial charge on any atom is -0.497 e. The number of hydrogen-bond acceptors (Lipinski definition) is 7. The number of rotatable bonds is 5. The third-order valence-corrected chi connectivity index (χ3v) is 5.36. The summed E-state index contributed by atoms with van der Waals surface area (Å²) >= 11 is 1.49. The van der Waals surface area contributed by atoms with Crippen LogP contribution in [0.2, 0.25) is 0 Å². The van der Waals surface area contributed by atoms with Crippen LogP contribution in [0.25, 0.3) is 11.4 Å². The van der Waals surface area contributed by atoms with E-state index in [1.807, 2.05) is 46.7 Å². The number of carbonyl (C=O) groups excluding carboxylic acids is 1. The molecule has 0 radical (unpaired) electrons. The SMILES string of the molecule is COc1cccc(-c2nnn(CN3CCN(C(=O)c4cccs4)CC3)n2)c1. The van der Waals surface area contributed by atoms with E-state index in [2.05, 4.69) is 20.3 Å². The predicted molar refractivity (Wildman–Crippen MR) is 102 cm³/mol. The Hall–Kier alpha value is -2.78. The molecule has 0 bridgehead atoms. The van der Waals surface area contributed by atoms with Crippen molar-refractivity contribution in [1.29, 1.82) is 0 Å². The number of methoxy groups -OCH3 is 1. The Bertz CT molecular complexity index is 902. The number of ether oxygens (including phenoxy) is 1. The summed E-state index contributed by atoms with van der Waals surface area (Å²) in [7, 11) is 1.63. The van der Waals surface area contributed by atoms with Crippen LogP contribution in [0.3, 0.4) is 0 Å². The van der Waals surface area contributed by atoms with Crippen LogP contribution in [0, 0.1) is 0 Å². The van der Waals surface area contributed by atoms with Gasteiger partial charge in [0.15, 0.2) is 0 Å². The van der Waals surface area contributed by atoms with Crippen LogP contribution >= 0.6 is 11.3 Å². The molecule has 3 aromatic rings. The quantitative estimate of drug-likeness (QED) is 0.668. The minimum atomic E-state index is 0.115. The fourth-order valence-corrected chi connectivity index (χ4v) is 3.70. The summed E-state index contributed by atoms with van der Waals surface area (Å²) in [6.45, 7) is 3.53. The Kier molecular flexibility index (Phi) is 5.12. The molecule has 1 fully saturated rings. The molecule has 0 N–H and O–H groups in total. The first-order valence-corrected chi connectivity index (χ1v) is 9.58. The van der Waals surface area contributed by atoms with Crippen LogP contribution in [0.5, 0.6) is 5.75 Å². The number of piperazine rings is 1. The largest absolute Gasteiger partial charge is 0.497 e. The van der Waals surface area contributed by atoms with Crippen molar-refractivity contribution in [1.82, 2.24) is 30.0 Å². The van der Waals surface area contributed by atoms with Crippen LogP contribution in [-0.4, -0.2) is 69.2 Å². The molecule has 1 aliphatic heterocycles. The van der Waals surface area contributed by atoms with Gasteiger partial charge in [-0.2, -0.15) is 0 Å². The van der Waals surface area contributed by atoms with E-state index in [-0.39, 0.29) is 5.91 Å². The van der Waals surface area contributed by atoms with Crippen molar-refractivity contribution < 1.29 is 9.53 Å². The van der Waals surface area contributed by atoms with E-state index in [0.717, 1.165) is 29.3 Å². The van der Waals surface area contributed by atoms with Gasteiger partial charge in [-0.25, -0.2) is 0 Å². The summed E-state index contributed by atoms with van der Waals surface area (Å²) in [5.41, 5.74) is 0.868. The lowest BCUT2D eigenvalue weighted by Crippen LogP contribution is -2.49. The number of nitrogens with zero attached hydrogens (tertiary/aromatic N) is 6. The second-order valence-corrected chi connectivity index (χ2v) is 7.19. The Balaban J connectivity index is 1.34. The van der Waals surface area contributed by atoms with Gasteiger partial charge in [0.2, 0.25) is 5.82 Å². The van der Waals surface area contributed by atoms with Gasteiger partial charge >= 0.3 is 0 Å². The lowest BCUT2D eigenvalue weighted by Gasteiger charge is -2.33. The third-order valence-electron chi connectivity index (χ3n) is 4.50. The van der Waals surface area contributed by atoms with Crippen molar-refractivity contribution in [2.75, 3.05) is 33.3 Å². The summed E-state index contributed by atoms with van der Waals surface area (Å²) in [4.78, 5) is 18.9. The number of aromatic nitrogens is 4. The first-order chi connectivity index (χ1) is 13.2. The maximum atomic E-state index is 12.4. The van der Waals surface area contributed by atoms with Crippen molar-refractivity contribution >= 4 is 17.2 Å². The smallest absolute Gasteiger partial charge is 0.264 e. The molecule has 4 rings (SSSR count). The van der Waals surface area contributed by atoms with Crippen molar-refractivity contribution in [2.24, 2.45) is 0 Å². The molecule has 140 valence electrons. The molecule has 8 nitrogen and oxygen atoms in total. The molecule has 1 amide bonds. The molecule has 1 aromatic carbocycles. The van der Waals surface area contributed by atoms with Crippen LogP contribution in [0.4, 0.5) is 0 Å². The van der Waals surface area contributed by atoms with Gasteiger partial charge in [-0.3, -0.25) is 9.69 Å². The van der Waals surface area contributed by atoms with Crippen molar-refractivity contribution in [3.63, 3.8) is 0 Å². The van der Waals surface area contributed by atoms with Gasteiger partial charge in [-0.05, 0) is 28.8 Å². The van der Waals surface area contributed by atoms with E-state index in [9.17, 15) is 4.79 Å². The summed E-state index contributed by atoms with van der Waals surface area (Å²) in [5.74, 6) is 1.44. The van der Waals surface area contributed by atoms with Crippen molar-refractivity contribution in [3.05, 3.63) is 46.7 Å². The molecule has 0 saturated carbocycles. The Morgan fingerprint density at radius 2 is 2.04 bits per heavy atom. The number of tetrazole rings is 1. The van der Waals surface area contributed by atoms with Crippen LogP contribution in [0.15, 0.2) is 41.8 Å². The van der Waals surface area contributed by atoms with E-state index in [1.165, 1.54) is 11.3 Å². The minimum absolute atomic E-state index is 0.115. The average molecular weight is 384 g/mol. The number of benzene rings is 1. The molecule has 0 aliphatic carbocycles. The zero-order chi connectivity index (χ0) is 18.6. The molecular formula is C18H20N6O2S. The van der Waals surface area contributed by atoms with Gasteiger partial charge in [0, 0.05) is 31.7 Å². The highest BCUT2D eigenvalue weighted by molar-refractivity contribution is 7.12. The predicted octanol–water partition coefficient (Wildman–Crippen LogP) is 1.83. The Labute approximate surface area is 161 Å². The van der Waals surface area contributed by atoms with Crippen LogP contribution in [0.1, 0.15) is 9.67 Å². The van der Waals surface area contributed by atoms with E-state index >= 15 is 0 Å². The molecule has 0 atom stereocenters. The molecule has 3 heterocycles. The summed E-state index contributed by atoms with van der Waals surface area (Å²) in [6.07, 6.45) is 0. The standard InChI is InChI=1S/C18H20N6O2S/c1-26-15-5-2-4-14(12-15)17-19-21-24(20-17)13-22-7-9-23(10-8-22)18(25)16-6-3-11-27-16/h2-6,11-12H,7-10,13H2,1H3. The molecule has 0 spiro atoms. The summed E-state index contributed by atoms with van der Waals surface area (Å²) in [5, 5.41) is 14.7. The van der Waals surface area contributed by atoms with Crippen molar-refractivity contribution in [3.8, 4) is 17.1 Å². The molecule has 1 aliphatic rings. The lowest BCUT2D eigenvalue weighted by atomic mass is 10.2. The fourth-order valence-electron chi connectivity index (χ4n) is 3.01. The normalized spacial score (nSPS) is 15.1. The molecule has 0 unspecified atom stereocenters. The first kappa shape index (κ1) is 17.6. The second kappa shape index (κ2) is 7.85.